The molecule has 1 heterocycles. The molecular weight excluding hydrogens is 540 g/mol. The van der Waals surface area contributed by atoms with E-state index in [9.17, 15) is 27.9 Å². The minimum atomic E-state index is -4.55. The number of carbonyl (C=O) groups excluding carboxylic acids is 1. The Hall–Kier alpha value is -3.14. The van der Waals surface area contributed by atoms with E-state index in [1.165, 1.54) is 30.2 Å². The fourth-order valence-electron chi connectivity index (χ4n) is 6.62. The predicted molar refractivity (Wildman–Crippen MR) is 146 cm³/mol. The number of nitrogens with zero attached hydrogens (tertiary/aromatic N) is 1. The zero-order chi connectivity index (χ0) is 30.1. The Balaban J connectivity index is 1.81. The Bertz CT molecular complexity index is 1250. The summed E-state index contributed by atoms with van der Waals surface area (Å²) < 4.78 is 60.7. The van der Waals surface area contributed by atoms with Crippen molar-refractivity contribution in [2.45, 2.75) is 83.7 Å². The first-order valence-electron chi connectivity index (χ1n) is 14.0. The van der Waals surface area contributed by atoms with Crippen LogP contribution in [0.2, 0.25) is 0 Å². The first-order valence-corrected chi connectivity index (χ1v) is 14.0. The minimum Gasteiger partial charge on any atom is -0.496 e. The third kappa shape index (κ3) is 6.37. The molecule has 2 aliphatic rings. The number of amides is 1. The van der Waals surface area contributed by atoms with E-state index in [0.717, 1.165) is 31.4 Å². The fourth-order valence-corrected chi connectivity index (χ4v) is 6.62. The molecule has 1 aliphatic heterocycles. The summed E-state index contributed by atoms with van der Waals surface area (Å²) >= 11 is 0. The summed E-state index contributed by atoms with van der Waals surface area (Å²) in [5.41, 5.74) is -0.877. The number of likely N-dealkylation sites (tertiary alicyclic amines) is 1. The molecule has 1 amide bonds. The number of carbonyl (C=O) groups is 2. The second kappa shape index (κ2) is 12.0. The van der Waals surface area contributed by atoms with E-state index < -0.39 is 53.0 Å². The average molecular weight is 579 g/mol. The molecular formula is C31H38F4N2O4. The zero-order valence-corrected chi connectivity index (χ0v) is 23.8. The highest BCUT2D eigenvalue weighted by Gasteiger charge is 2.58. The second-order valence-corrected chi connectivity index (χ2v) is 12.2. The molecule has 1 saturated heterocycles. The summed E-state index contributed by atoms with van der Waals surface area (Å²) in [4.78, 5) is 28.4. The molecule has 0 spiro atoms. The quantitative estimate of drug-likeness (QED) is 0.363. The van der Waals surface area contributed by atoms with Crippen LogP contribution in [0.4, 0.5) is 17.6 Å². The number of halogens is 4. The van der Waals surface area contributed by atoms with Crippen LogP contribution >= 0.6 is 0 Å². The largest absolute Gasteiger partial charge is 0.496 e. The highest BCUT2D eigenvalue weighted by atomic mass is 19.4. The van der Waals surface area contributed by atoms with Crippen LogP contribution in [-0.4, -0.2) is 41.1 Å². The normalized spacial score (nSPS) is 24.0. The standard InChI is InChI=1S/C31H38F4N2O4/c1-30(2,3)24-25(36-17-19-14-15-20(31(33,34)35)16-23(19)41-4)26(21-12-8-9-13-22(21)32)37(27(24)29(39)40)28(38)18-10-6-5-7-11-18/h8-9,12-16,18,24-27,36H,5-7,10-11,17H2,1-4H3,(H,39,40)/t24-,25-,26-,27-/m0/s1. The fraction of sp³-hybridized carbons (Fsp3) is 0.548. The van der Waals surface area contributed by atoms with E-state index in [-0.39, 0.29) is 29.7 Å². The van der Waals surface area contributed by atoms with Gasteiger partial charge in [0, 0.05) is 35.5 Å². The molecule has 0 bridgehead atoms. The van der Waals surface area contributed by atoms with Gasteiger partial charge in [-0.25, -0.2) is 9.18 Å². The van der Waals surface area contributed by atoms with E-state index in [1.54, 1.807) is 12.1 Å². The third-order valence-corrected chi connectivity index (χ3v) is 8.49. The number of alkyl halides is 3. The highest BCUT2D eigenvalue weighted by molar-refractivity contribution is 5.87. The van der Waals surface area contributed by atoms with Crippen LogP contribution in [0.5, 0.6) is 5.75 Å². The molecule has 4 rings (SSSR count). The summed E-state index contributed by atoms with van der Waals surface area (Å²) in [6.07, 6.45) is -0.520. The molecule has 2 aromatic carbocycles. The van der Waals surface area contributed by atoms with Crippen molar-refractivity contribution < 1.29 is 37.0 Å². The summed E-state index contributed by atoms with van der Waals surface area (Å²) in [5, 5.41) is 13.9. The van der Waals surface area contributed by atoms with Gasteiger partial charge in [0.1, 0.15) is 17.6 Å². The molecule has 0 unspecified atom stereocenters. The number of methoxy groups -OCH3 is 1. The minimum absolute atomic E-state index is 0.0152. The topological polar surface area (TPSA) is 78.9 Å². The monoisotopic (exact) mass is 578 g/mol. The molecule has 41 heavy (non-hydrogen) atoms. The number of carboxylic acids is 1. The lowest BCUT2D eigenvalue weighted by Crippen LogP contribution is -2.49. The van der Waals surface area contributed by atoms with Gasteiger partial charge in [0.15, 0.2) is 0 Å². The lowest BCUT2D eigenvalue weighted by Gasteiger charge is -2.36. The molecule has 1 saturated carbocycles. The van der Waals surface area contributed by atoms with Gasteiger partial charge in [-0.05, 0) is 36.5 Å². The van der Waals surface area contributed by atoms with E-state index in [4.69, 9.17) is 4.74 Å². The van der Waals surface area contributed by atoms with E-state index >= 15 is 4.39 Å². The Morgan fingerprint density at radius 3 is 2.27 bits per heavy atom. The van der Waals surface area contributed by atoms with Gasteiger partial charge in [-0.2, -0.15) is 13.2 Å². The number of aliphatic carboxylic acids is 1. The van der Waals surface area contributed by atoms with Crippen molar-refractivity contribution >= 4 is 11.9 Å². The van der Waals surface area contributed by atoms with Crippen LogP contribution < -0.4 is 10.1 Å². The number of carboxylic acid groups (broad SMARTS) is 1. The van der Waals surface area contributed by atoms with Gasteiger partial charge in [-0.3, -0.25) is 4.79 Å². The second-order valence-electron chi connectivity index (χ2n) is 12.2. The lowest BCUT2D eigenvalue weighted by molar-refractivity contribution is -0.154. The van der Waals surface area contributed by atoms with Gasteiger partial charge in [-0.1, -0.05) is 64.3 Å². The maximum atomic E-state index is 15.4. The lowest BCUT2D eigenvalue weighted by atomic mass is 9.72. The predicted octanol–water partition coefficient (Wildman–Crippen LogP) is 6.59. The Morgan fingerprint density at radius 2 is 1.71 bits per heavy atom. The molecule has 1 aliphatic carbocycles. The third-order valence-electron chi connectivity index (χ3n) is 8.49. The molecule has 2 N–H and O–H groups in total. The zero-order valence-electron chi connectivity index (χ0n) is 23.8. The molecule has 2 fully saturated rings. The van der Waals surface area contributed by atoms with Gasteiger partial charge in [0.05, 0.1) is 18.7 Å². The van der Waals surface area contributed by atoms with Crippen molar-refractivity contribution in [3.05, 3.63) is 65.0 Å². The Kier molecular flexibility index (Phi) is 9.01. The highest BCUT2D eigenvalue weighted by Crippen LogP contribution is 2.50. The van der Waals surface area contributed by atoms with Gasteiger partial charge >= 0.3 is 12.1 Å². The Morgan fingerprint density at radius 1 is 1.05 bits per heavy atom. The molecule has 10 heteroatoms. The number of hydrogen-bond acceptors (Lipinski definition) is 4. The van der Waals surface area contributed by atoms with Gasteiger partial charge in [0.25, 0.3) is 0 Å². The SMILES string of the molecule is COc1cc(C(F)(F)F)ccc1CN[C@H]1[C@H](C(C)(C)C)[C@@H](C(=O)O)N(C(=O)C2CCCCC2)[C@H]1c1ccccc1F. The molecule has 4 atom stereocenters. The number of benzene rings is 2. The molecule has 0 radical (unpaired) electrons. The van der Waals surface area contributed by atoms with Crippen molar-refractivity contribution in [2.75, 3.05) is 7.11 Å². The van der Waals surface area contributed by atoms with Gasteiger partial charge < -0.3 is 20.1 Å². The van der Waals surface area contributed by atoms with E-state index in [1.807, 2.05) is 20.8 Å². The molecule has 224 valence electrons. The van der Waals surface area contributed by atoms with Crippen LogP contribution in [0.15, 0.2) is 42.5 Å². The number of hydrogen-bond donors (Lipinski definition) is 2. The van der Waals surface area contributed by atoms with Crippen molar-refractivity contribution in [1.29, 1.82) is 0 Å². The van der Waals surface area contributed by atoms with Crippen LogP contribution in [0.1, 0.15) is 75.6 Å². The Labute approximate surface area is 238 Å². The van der Waals surface area contributed by atoms with Crippen LogP contribution in [0.3, 0.4) is 0 Å². The molecule has 2 aromatic rings. The van der Waals surface area contributed by atoms with Crippen molar-refractivity contribution in [2.24, 2.45) is 17.3 Å². The molecule has 0 aromatic heterocycles. The average Bonchev–Trinajstić information content (AvgIpc) is 3.27. The van der Waals surface area contributed by atoms with Gasteiger partial charge in [0.2, 0.25) is 5.91 Å². The number of ether oxygens (including phenoxy) is 1. The van der Waals surface area contributed by atoms with Crippen LogP contribution in [-0.2, 0) is 22.3 Å². The van der Waals surface area contributed by atoms with Crippen LogP contribution in [0, 0.1) is 23.1 Å². The van der Waals surface area contributed by atoms with Crippen LogP contribution in [0.25, 0.3) is 0 Å². The van der Waals surface area contributed by atoms with Crippen molar-refractivity contribution in [3.63, 3.8) is 0 Å². The van der Waals surface area contributed by atoms with E-state index in [2.05, 4.69) is 5.32 Å². The summed E-state index contributed by atoms with van der Waals surface area (Å²) in [7, 11) is 1.28. The maximum absolute atomic E-state index is 15.4. The summed E-state index contributed by atoms with van der Waals surface area (Å²) in [5.74, 6) is -3.02. The summed E-state index contributed by atoms with van der Waals surface area (Å²) in [6.45, 7) is 5.66. The van der Waals surface area contributed by atoms with Crippen molar-refractivity contribution in [1.82, 2.24) is 10.2 Å². The first kappa shape index (κ1) is 30.8. The van der Waals surface area contributed by atoms with Gasteiger partial charge in [-0.15, -0.1) is 0 Å². The van der Waals surface area contributed by atoms with E-state index in [0.29, 0.717) is 18.4 Å². The first-order chi connectivity index (χ1) is 19.3. The smallest absolute Gasteiger partial charge is 0.416 e. The maximum Gasteiger partial charge on any atom is 0.416 e. The molecule has 6 nitrogen and oxygen atoms in total. The number of rotatable bonds is 7. The number of nitrogens with one attached hydrogen (secondary N) is 1. The van der Waals surface area contributed by atoms with Crippen molar-refractivity contribution in [3.8, 4) is 5.75 Å². The summed E-state index contributed by atoms with van der Waals surface area (Å²) in [6, 6.07) is 6.32.